The van der Waals surface area contributed by atoms with Gasteiger partial charge in [0.1, 0.15) is 6.23 Å². The van der Waals surface area contributed by atoms with Crippen molar-refractivity contribution in [2.45, 2.75) is 112 Å². The summed E-state index contributed by atoms with van der Waals surface area (Å²) in [6.07, 6.45) is 9.33. The van der Waals surface area contributed by atoms with Gasteiger partial charge in [-0.25, -0.2) is 8.42 Å². The molecule has 0 spiro atoms. The molecule has 5 aliphatic heterocycles. The van der Waals surface area contributed by atoms with E-state index in [2.05, 4.69) is 84.3 Å². The van der Waals surface area contributed by atoms with Gasteiger partial charge in [0.15, 0.2) is 6.68 Å². The third-order valence-corrected chi connectivity index (χ3v) is 21.2. The average molecular weight is 1360 g/mol. The number of piperazine rings is 1. The SMILES string of the molecule is C[C@@]1(CN2CCC(CCc3ccc4c(c3)CN(C3CCC(=O)NC3O)C4=O)CC2)CCC(c2ccc(Cl)cc2)=C(CN2CCN(c3ccc(C(=O)NS(=O)(=O)c4c[c-]c(N[C@H](CCN5CCCOCC5)CSc5ccccc5)cc4)cc3)CC2)C1.F[C-](F)F.O.O.[Sc]. The number of aliphatic hydroxyl groups excluding tert-OH is 1. The number of nitrogens with one attached hydrogen (secondary N) is 3. The van der Waals surface area contributed by atoms with Crippen LogP contribution in [-0.2, 0) is 58.4 Å². The van der Waals surface area contributed by atoms with E-state index in [-0.39, 0.29) is 70.5 Å². The maximum atomic E-state index is 13.6. The number of nitrogens with zero attached hydrogens (tertiary/aromatic N) is 5. The summed E-state index contributed by atoms with van der Waals surface area (Å²) < 4.78 is 63.8. The van der Waals surface area contributed by atoms with E-state index in [0.29, 0.717) is 36.6 Å². The Balaban J connectivity index is 0.00000167. The number of fused-ring (bicyclic) bond motifs is 1. The van der Waals surface area contributed by atoms with Gasteiger partial charge in [0.2, 0.25) is 15.9 Å². The van der Waals surface area contributed by atoms with Crippen molar-refractivity contribution >= 4 is 68.1 Å². The zero-order chi connectivity index (χ0) is 62.5. The number of aliphatic hydroxyl groups is 1. The first-order valence-corrected chi connectivity index (χ1v) is 34.1. The fourth-order valence-corrected chi connectivity index (χ4v) is 15.6. The first-order valence-electron chi connectivity index (χ1n) is 31.3. The van der Waals surface area contributed by atoms with E-state index in [1.807, 2.05) is 48.5 Å². The van der Waals surface area contributed by atoms with Crippen LogP contribution in [0.25, 0.3) is 5.57 Å². The number of allylic oxidation sites excluding steroid dienone is 1. The second-order valence-corrected chi connectivity index (χ2v) is 28.0. The van der Waals surface area contributed by atoms with Gasteiger partial charge < -0.3 is 64.2 Å². The summed E-state index contributed by atoms with van der Waals surface area (Å²) in [7, 11) is -4.16. The molecule has 6 aliphatic rings. The molecule has 5 heterocycles. The number of hydrogen-bond donors (Lipinski definition) is 4. The third-order valence-electron chi connectivity index (χ3n) is 18.4. The quantitative estimate of drug-likeness (QED) is 0.0397. The number of thioether (sulfide) groups is 1. The van der Waals surface area contributed by atoms with Crippen LogP contribution in [0.4, 0.5) is 24.5 Å². The number of piperidine rings is 2. The second-order valence-electron chi connectivity index (χ2n) is 24.8. The maximum absolute atomic E-state index is 13.6. The molecule has 0 saturated carbocycles. The van der Waals surface area contributed by atoms with Gasteiger partial charge in [0, 0.05) is 143 Å². The van der Waals surface area contributed by atoms with E-state index in [9.17, 15) is 41.1 Å². The van der Waals surface area contributed by atoms with Gasteiger partial charge in [-0.1, -0.05) is 72.2 Å². The number of halogens is 4. The second kappa shape index (κ2) is 35.0. The Kier molecular flexibility index (Phi) is 28.2. The molecule has 17 nitrogen and oxygen atoms in total. The molecule has 8 N–H and O–H groups in total. The van der Waals surface area contributed by atoms with Crippen LogP contribution in [0.3, 0.4) is 0 Å². The average Bonchev–Trinajstić information content (AvgIpc) is 1.48. The maximum Gasteiger partial charge on any atom is 0.264 e. The Morgan fingerprint density at radius 1 is 0.870 bits per heavy atom. The summed E-state index contributed by atoms with van der Waals surface area (Å²) in [4.78, 5) is 51.5. The molecule has 1 radical (unpaired) electrons. The molecule has 0 aromatic heterocycles. The van der Waals surface area contributed by atoms with Gasteiger partial charge in [-0.2, -0.15) is 18.2 Å². The molecule has 11 rings (SSSR count). The van der Waals surface area contributed by atoms with E-state index in [0.717, 1.165) is 152 Å². The fourth-order valence-electron chi connectivity index (χ4n) is 13.5. The largest absolute Gasteiger partial charge is 0.412 e. The third kappa shape index (κ3) is 20.7. The Morgan fingerprint density at radius 2 is 1.60 bits per heavy atom. The van der Waals surface area contributed by atoms with Crippen molar-refractivity contribution in [2.75, 3.05) is 101 Å². The Morgan fingerprint density at radius 3 is 2.29 bits per heavy atom. The molecule has 5 aromatic rings. The topological polar surface area (TPSA) is 230 Å². The number of carbonyl (C=O) groups is 3. The summed E-state index contributed by atoms with van der Waals surface area (Å²) in [5.41, 5.74) is 9.31. The molecule has 4 saturated heterocycles. The Bertz CT molecular complexity index is 3320. The van der Waals surface area contributed by atoms with Crippen LogP contribution in [0.15, 0.2) is 131 Å². The summed E-state index contributed by atoms with van der Waals surface area (Å²) >= 11 is 8.19. The zero-order valence-corrected chi connectivity index (χ0v) is 56.4. The number of sulfonamides is 1. The van der Waals surface area contributed by atoms with Gasteiger partial charge in [-0.05, 0) is 170 Å². The van der Waals surface area contributed by atoms with Crippen molar-refractivity contribution in [2.24, 2.45) is 11.3 Å². The number of benzene rings is 5. The number of anilines is 2. The van der Waals surface area contributed by atoms with Crippen molar-refractivity contribution in [1.29, 1.82) is 0 Å². The Hall–Kier alpha value is -5.18. The van der Waals surface area contributed by atoms with Gasteiger partial charge in [0.05, 0.1) is 12.6 Å². The van der Waals surface area contributed by atoms with Crippen molar-refractivity contribution in [3.05, 3.63) is 166 Å². The standard InChI is InChI=1S/C67H82ClN8O7S2.CF3.2H2O.Sc/c1-67(47-74-32-27-48(28-33-74)8-9-49-10-23-61-52(42-49)45-76(66(61)80)62-24-25-63(77)70-65(62)79)30-26-60(50-11-15-54(68)16-12-50)53(43-67)44-73-35-37-75(38-36-73)57-19-13-51(14-20-57)64(78)71-85(81,82)59-21-17-55(18-22-59)69-56(46-84-58-6-3-2-4-7-58)29-34-72-31-5-40-83-41-39-72;2-1(3)4;;;/h2-4,6-7,10-17,19-23,42,48,56,62,65,69,79H,5,8-9,24-41,43-47H2,1H3,(H,70,77)(H,71,78);;2*1H2;/q2*-1;;;/t56-,62?,65?,67-;;;;/m1..../s1. The Labute approximate surface area is 567 Å². The van der Waals surface area contributed by atoms with Gasteiger partial charge in [0.25, 0.3) is 11.8 Å². The molecule has 2 unspecified atom stereocenters. The van der Waals surface area contributed by atoms with Gasteiger partial charge >= 0.3 is 0 Å². The first kappa shape index (κ1) is 74.2. The monoisotopic (exact) mass is 1360 g/mol. The molecular formula is C68H86ClF3N8O9S2Sc-2. The van der Waals surface area contributed by atoms with Crippen molar-refractivity contribution in [1.82, 2.24) is 29.6 Å². The predicted molar refractivity (Wildman–Crippen MR) is 351 cm³/mol. The molecule has 4 atom stereocenters. The summed E-state index contributed by atoms with van der Waals surface area (Å²) in [5.74, 6) is 0.559. The van der Waals surface area contributed by atoms with E-state index in [1.54, 1.807) is 34.9 Å². The molecule has 0 bridgehead atoms. The van der Waals surface area contributed by atoms with Crippen LogP contribution in [-0.4, -0.2) is 171 Å². The van der Waals surface area contributed by atoms with E-state index in [1.165, 1.54) is 52.1 Å². The number of rotatable bonds is 21. The zero-order valence-electron chi connectivity index (χ0n) is 52.2. The predicted octanol–water partition coefficient (Wildman–Crippen LogP) is 9.30. The molecule has 3 amide bonds. The fraction of sp³-hybridized carbons (Fsp3) is 0.471. The molecule has 24 heteroatoms. The van der Waals surface area contributed by atoms with E-state index in [4.69, 9.17) is 16.3 Å². The number of ether oxygens (including phenoxy) is 1. The minimum Gasteiger partial charge on any atom is -0.412 e. The van der Waals surface area contributed by atoms with Gasteiger partial charge in [-0.15, -0.1) is 17.8 Å². The summed E-state index contributed by atoms with van der Waals surface area (Å²) in [6, 6.07) is 39.7. The van der Waals surface area contributed by atoms with Crippen molar-refractivity contribution in [3.8, 4) is 0 Å². The van der Waals surface area contributed by atoms with Crippen molar-refractivity contribution < 1.29 is 82.6 Å². The van der Waals surface area contributed by atoms with E-state index >= 15 is 0 Å². The van der Waals surface area contributed by atoms with Crippen LogP contribution >= 0.6 is 23.4 Å². The number of hydrogen-bond acceptors (Lipinski definition) is 13. The van der Waals surface area contributed by atoms with Crippen LogP contribution in [0.2, 0.25) is 5.02 Å². The van der Waals surface area contributed by atoms with Crippen LogP contribution in [0.5, 0.6) is 0 Å². The summed E-state index contributed by atoms with van der Waals surface area (Å²) in [6.45, 7) is 11.9. The number of amides is 3. The molecule has 5 aromatic carbocycles. The van der Waals surface area contributed by atoms with Crippen LogP contribution in [0, 0.1) is 24.1 Å². The van der Waals surface area contributed by atoms with Crippen molar-refractivity contribution in [3.63, 3.8) is 0 Å². The molecule has 1 aliphatic carbocycles. The summed E-state index contributed by atoms with van der Waals surface area (Å²) in [5, 5.41) is 17.5. The number of likely N-dealkylation sites (tertiary alicyclic amines) is 1. The normalized spacial score (nSPS) is 21.3. The van der Waals surface area contributed by atoms with Gasteiger partial charge in [-0.3, -0.25) is 24.0 Å². The number of aryl methyl sites for hydroxylation is 1. The van der Waals surface area contributed by atoms with E-state index < -0.39 is 34.9 Å². The molecule has 4 fully saturated rings. The smallest absolute Gasteiger partial charge is 0.264 e. The first-order chi connectivity index (χ1) is 42.9. The molecular weight excluding hydrogens is 1270 g/mol. The minimum absolute atomic E-state index is 0. The number of carbonyl (C=O) groups excluding carboxylic acids is 3. The minimum atomic E-state index is -4.16. The van der Waals surface area contributed by atoms with Crippen LogP contribution in [0.1, 0.15) is 109 Å². The molecule has 92 heavy (non-hydrogen) atoms. The van der Waals surface area contributed by atoms with Crippen LogP contribution < -0.4 is 20.3 Å². The molecule has 497 valence electrons.